The second-order valence-corrected chi connectivity index (χ2v) is 5.27. The second kappa shape index (κ2) is 4.73. The van der Waals surface area contributed by atoms with E-state index in [1.165, 1.54) is 30.4 Å². The third-order valence-corrected chi connectivity index (χ3v) is 4.01. The summed E-state index contributed by atoms with van der Waals surface area (Å²) in [6, 6.07) is 6.84. The van der Waals surface area contributed by atoms with Crippen molar-refractivity contribution in [3.05, 3.63) is 29.3 Å². The van der Waals surface area contributed by atoms with Gasteiger partial charge in [-0.1, -0.05) is 13.0 Å². The lowest BCUT2D eigenvalue weighted by Crippen LogP contribution is -2.32. The van der Waals surface area contributed by atoms with Crippen LogP contribution in [-0.4, -0.2) is 25.0 Å². The van der Waals surface area contributed by atoms with E-state index in [9.17, 15) is 4.79 Å². The first kappa shape index (κ1) is 11.7. The van der Waals surface area contributed by atoms with Gasteiger partial charge in [0.2, 0.25) is 5.91 Å². The lowest BCUT2D eigenvalue weighted by Gasteiger charge is -2.18. The third-order valence-electron chi connectivity index (χ3n) is 4.01. The Morgan fingerprint density at radius 2 is 2.17 bits per heavy atom. The minimum atomic E-state index is 0.249. The standard InChI is InChI=1S/C15H20N2O/c1-2-16-13-9-15(18)17(10-13)14-7-6-11-4-3-5-12(11)8-14/h6-8,13,16H,2-5,9-10H2,1H3. The molecule has 0 spiro atoms. The molecule has 1 saturated heterocycles. The summed E-state index contributed by atoms with van der Waals surface area (Å²) in [5, 5.41) is 3.36. The van der Waals surface area contributed by atoms with Gasteiger partial charge >= 0.3 is 0 Å². The molecule has 0 bridgehead atoms. The highest BCUT2D eigenvalue weighted by atomic mass is 16.2. The summed E-state index contributed by atoms with van der Waals surface area (Å²) in [6.45, 7) is 3.82. The Hall–Kier alpha value is -1.35. The zero-order valence-corrected chi connectivity index (χ0v) is 10.9. The van der Waals surface area contributed by atoms with Crippen LogP contribution in [0.15, 0.2) is 18.2 Å². The number of amides is 1. The molecule has 1 amide bonds. The normalized spacial score (nSPS) is 22.6. The summed E-state index contributed by atoms with van der Waals surface area (Å²) in [5.41, 5.74) is 3.99. The van der Waals surface area contributed by atoms with Gasteiger partial charge in [-0.2, -0.15) is 0 Å². The van der Waals surface area contributed by atoms with Crippen molar-refractivity contribution in [1.82, 2.24) is 5.32 Å². The molecule has 1 aliphatic heterocycles. The number of hydrogen-bond donors (Lipinski definition) is 1. The van der Waals surface area contributed by atoms with E-state index >= 15 is 0 Å². The van der Waals surface area contributed by atoms with E-state index in [2.05, 4.69) is 30.4 Å². The molecule has 1 atom stereocenters. The highest BCUT2D eigenvalue weighted by Gasteiger charge is 2.30. The largest absolute Gasteiger partial charge is 0.312 e. The molecule has 1 aromatic rings. The summed E-state index contributed by atoms with van der Waals surface area (Å²) in [7, 11) is 0. The first-order chi connectivity index (χ1) is 8.78. The number of anilines is 1. The number of nitrogens with zero attached hydrogens (tertiary/aromatic N) is 1. The first-order valence-electron chi connectivity index (χ1n) is 6.93. The Kier molecular flexibility index (Phi) is 3.08. The van der Waals surface area contributed by atoms with Crippen molar-refractivity contribution in [3.63, 3.8) is 0 Å². The van der Waals surface area contributed by atoms with Crippen LogP contribution >= 0.6 is 0 Å². The molecule has 1 heterocycles. The van der Waals surface area contributed by atoms with Crippen LogP contribution in [0.3, 0.4) is 0 Å². The maximum Gasteiger partial charge on any atom is 0.228 e. The topological polar surface area (TPSA) is 32.3 Å². The van der Waals surface area contributed by atoms with E-state index < -0.39 is 0 Å². The molecule has 18 heavy (non-hydrogen) atoms. The minimum absolute atomic E-state index is 0.249. The molecule has 0 radical (unpaired) electrons. The summed E-state index contributed by atoms with van der Waals surface area (Å²) < 4.78 is 0. The molecular formula is C15H20N2O. The molecule has 1 N–H and O–H groups in total. The lowest BCUT2D eigenvalue weighted by atomic mass is 10.1. The number of aryl methyl sites for hydroxylation is 2. The smallest absolute Gasteiger partial charge is 0.228 e. The monoisotopic (exact) mass is 244 g/mol. The number of benzene rings is 1. The van der Waals surface area contributed by atoms with Crippen molar-refractivity contribution in [2.75, 3.05) is 18.0 Å². The lowest BCUT2D eigenvalue weighted by molar-refractivity contribution is -0.117. The molecule has 96 valence electrons. The van der Waals surface area contributed by atoms with Crippen LogP contribution in [0.25, 0.3) is 0 Å². The SMILES string of the molecule is CCNC1CC(=O)N(c2ccc3c(c2)CCC3)C1. The molecule has 3 rings (SSSR count). The second-order valence-electron chi connectivity index (χ2n) is 5.27. The molecule has 1 aromatic carbocycles. The summed E-state index contributed by atoms with van der Waals surface area (Å²) in [6.07, 6.45) is 4.25. The van der Waals surface area contributed by atoms with E-state index in [1.54, 1.807) is 0 Å². The maximum absolute atomic E-state index is 12.0. The highest BCUT2D eigenvalue weighted by molar-refractivity contribution is 5.96. The van der Waals surface area contributed by atoms with Gasteiger partial charge in [0.25, 0.3) is 0 Å². The fraction of sp³-hybridized carbons (Fsp3) is 0.533. The third kappa shape index (κ3) is 2.03. The van der Waals surface area contributed by atoms with Crippen LogP contribution in [0, 0.1) is 0 Å². The molecule has 2 aliphatic rings. The molecule has 1 aliphatic carbocycles. The Bertz CT molecular complexity index is 470. The highest BCUT2D eigenvalue weighted by Crippen LogP contribution is 2.29. The van der Waals surface area contributed by atoms with Gasteiger partial charge in [0, 0.05) is 24.7 Å². The van der Waals surface area contributed by atoms with E-state index in [0.29, 0.717) is 12.5 Å². The molecule has 3 nitrogen and oxygen atoms in total. The van der Waals surface area contributed by atoms with Gasteiger partial charge < -0.3 is 10.2 Å². The summed E-state index contributed by atoms with van der Waals surface area (Å²) in [5.74, 6) is 0.249. The van der Waals surface area contributed by atoms with Crippen molar-refractivity contribution in [2.45, 2.75) is 38.6 Å². The Labute approximate surface area is 108 Å². The first-order valence-corrected chi connectivity index (χ1v) is 6.93. The van der Waals surface area contributed by atoms with Gasteiger partial charge in [-0.3, -0.25) is 4.79 Å². The number of carbonyl (C=O) groups excluding carboxylic acids is 1. The van der Waals surface area contributed by atoms with Crippen LogP contribution in [0.2, 0.25) is 0 Å². The predicted octanol–water partition coefficient (Wildman–Crippen LogP) is 1.89. The molecule has 3 heteroatoms. The zero-order chi connectivity index (χ0) is 12.5. The van der Waals surface area contributed by atoms with E-state index in [1.807, 2.05) is 4.90 Å². The fourth-order valence-corrected chi connectivity index (χ4v) is 3.11. The average molecular weight is 244 g/mol. The van der Waals surface area contributed by atoms with Gasteiger partial charge in [-0.05, 0) is 49.1 Å². The molecule has 0 saturated carbocycles. The number of likely N-dealkylation sites (N-methyl/N-ethyl adjacent to an activating group) is 1. The van der Waals surface area contributed by atoms with E-state index in [0.717, 1.165) is 18.8 Å². The van der Waals surface area contributed by atoms with Crippen LogP contribution in [0.5, 0.6) is 0 Å². The van der Waals surface area contributed by atoms with Crippen molar-refractivity contribution in [3.8, 4) is 0 Å². The van der Waals surface area contributed by atoms with Gasteiger partial charge in [0.15, 0.2) is 0 Å². The Balaban J connectivity index is 1.80. The predicted molar refractivity (Wildman–Crippen MR) is 72.9 cm³/mol. The summed E-state index contributed by atoms with van der Waals surface area (Å²) in [4.78, 5) is 14.0. The van der Waals surface area contributed by atoms with Crippen molar-refractivity contribution in [1.29, 1.82) is 0 Å². The van der Waals surface area contributed by atoms with Gasteiger partial charge in [-0.15, -0.1) is 0 Å². The van der Waals surface area contributed by atoms with Gasteiger partial charge in [0.05, 0.1) is 0 Å². The van der Waals surface area contributed by atoms with Crippen LogP contribution in [0.1, 0.15) is 30.9 Å². The molecule has 0 aromatic heterocycles. The molecule has 1 fully saturated rings. The average Bonchev–Trinajstić information content (AvgIpc) is 2.95. The Morgan fingerprint density at radius 3 is 3.00 bits per heavy atom. The number of hydrogen-bond acceptors (Lipinski definition) is 2. The van der Waals surface area contributed by atoms with Crippen molar-refractivity contribution < 1.29 is 4.79 Å². The van der Waals surface area contributed by atoms with Crippen molar-refractivity contribution in [2.24, 2.45) is 0 Å². The maximum atomic E-state index is 12.0. The summed E-state index contributed by atoms with van der Waals surface area (Å²) >= 11 is 0. The zero-order valence-electron chi connectivity index (χ0n) is 10.9. The van der Waals surface area contributed by atoms with E-state index in [-0.39, 0.29) is 5.91 Å². The quantitative estimate of drug-likeness (QED) is 0.880. The number of rotatable bonds is 3. The number of nitrogens with one attached hydrogen (secondary N) is 1. The Morgan fingerprint density at radius 1 is 1.33 bits per heavy atom. The number of carbonyl (C=O) groups is 1. The van der Waals surface area contributed by atoms with Crippen LogP contribution in [-0.2, 0) is 17.6 Å². The van der Waals surface area contributed by atoms with Crippen molar-refractivity contribution >= 4 is 11.6 Å². The minimum Gasteiger partial charge on any atom is -0.312 e. The molecule has 1 unspecified atom stereocenters. The van der Waals surface area contributed by atoms with Gasteiger partial charge in [0.1, 0.15) is 0 Å². The van der Waals surface area contributed by atoms with E-state index in [4.69, 9.17) is 0 Å². The van der Waals surface area contributed by atoms with Crippen LogP contribution < -0.4 is 10.2 Å². The van der Waals surface area contributed by atoms with Crippen LogP contribution in [0.4, 0.5) is 5.69 Å². The number of fused-ring (bicyclic) bond motifs is 1. The molecular weight excluding hydrogens is 224 g/mol. The van der Waals surface area contributed by atoms with Gasteiger partial charge in [-0.25, -0.2) is 0 Å². The fourth-order valence-electron chi connectivity index (χ4n) is 3.11.